The van der Waals surface area contributed by atoms with Gasteiger partial charge in [0.25, 0.3) is 0 Å². The van der Waals surface area contributed by atoms with Gasteiger partial charge in [-0.2, -0.15) is 11.6 Å². The van der Waals surface area contributed by atoms with E-state index in [-0.39, 0.29) is 58.2 Å². The van der Waals surface area contributed by atoms with Crippen molar-refractivity contribution in [3.8, 4) is 0 Å². The molecule has 0 aromatic heterocycles. The van der Waals surface area contributed by atoms with Crippen LogP contribution in [0.3, 0.4) is 0 Å². The predicted octanol–water partition coefficient (Wildman–Crippen LogP) is -1.76. The maximum absolute atomic E-state index is 6.16. The number of hydrogen-bond donors (Lipinski definition) is 0. The molecule has 107 valence electrons. The van der Waals surface area contributed by atoms with E-state index in [1.54, 1.807) is 0 Å². The van der Waals surface area contributed by atoms with E-state index in [1.165, 1.54) is 5.56 Å². The molecule has 4 heteroatoms. The first-order chi connectivity index (χ1) is 8.06. The van der Waals surface area contributed by atoms with Crippen LogP contribution < -0.4 is 24.8 Å². The molecule has 0 N–H and O–H groups in total. The van der Waals surface area contributed by atoms with Crippen molar-refractivity contribution in [2.75, 3.05) is 0 Å². The molecule has 0 fully saturated rings. The van der Waals surface area contributed by atoms with E-state index in [2.05, 4.69) is 51.1 Å². The summed E-state index contributed by atoms with van der Waals surface area (Å²) >= 11 is 0. The summed E-state index contributed by atoms with van der Waals surface area (Å²) < 4.78 is 6.16. The molecule has 1 unspecified atom stereocenters. The Morgan fingerprint density at radius 1 is 1.10 bits per heavy atom. The Morgan fingerprint density at radius 3 is 2.15 bits per heavy atom. The maximum atomic E-state index is 6.16. The minimum Gasteiger partial charge on any atom is -1.00 e. The SMILES string of the molecule is CC(C)(C)OC(C1=[C-]CC=C1)c1ccccc1.[Cl-].[Cl-].[Ti+3]. The second-order valence-corrected chi connectivity index (χ2v) is 5.26. The first-order valence-corrected chi connectivity index (χ1v) is 6.06. The van der Waals surface area contributed by atoms with Crippen molar-refractivity contribution in [3.63, 3.8) is 0 Å². The molecule has 0 spiro atoms. The molecule has 0 saturated carbocycles. The summed E-state index contributed by atoms with van der Waals surface area (Å²) in [6.45, 7) is 6.26. The van der Waals surface area contributed by atoms with E-state index in [4.69, 9.17) is 4.74 Å². The predicted molar refractivity (Wildman–Crippen MR) is 70.5 cm³/mol. The van der Waals surface area contributed by atoms with Crippen molar-refractivity contribution in [1.29, 1.82) is 0 Å². The zero-order valence-electron chi connectivity index (χ0n) is 12.0. The summed E-state index contributed by atoms with van der Waals surface area (Å²) in [6, 6.07) is 10.3. The number of benzene rings is 1. The average Bonchev–Trinajstić information content (AvgIpc) is 2.79. The summed E-state index contributed by atoms with van der Waals surface area (Å²) in [7, 11) is 0. The zero-order chi connectivity index (χ0) is 12.3. The molecule has 1 aromatic carbocycles. The smallest absolute Gasteiger partial charge is 1.00 e. The van der Waals surface area contributed by atoms with Crippen LogP contribution in [-0.4, -0.2) is 5.60 Å². The van der Waals surface area contributed by atoms with Crippen LogP contribution in [0.5, 0.6) is 0 Å². The van der Waals surface area contributed by atoms with Crippen molar-refractivity contribution in [3.05, 3.63) is 59.7 Å². The van der Waals surface area contributed by atoms with Gasteiger partial charge in [0.15, 0.2) is 0 Å². The fourth-order valence-corrected chi connectivity index (χ4v) is 1.89. The maximum Gasteiger partial charge on any atom is 3.00 e. The molecule has 0 aliphatic heterocycles. The Balaban J connectivity index is 0. The van der Waals surface area contributed by atoms with Gasteiger partial charge in [-0.3, -0.25) is 6.08 Å². The van der Waals surface area contributed by atoms with E-state index >= 15 is 0 Å². The molecule has 1 aliphatic rings. The molecule has 1 radical (unpaired) electrons. The Labute approximate surface area is 149 Å². The van der Waals surface area contributed by atoms with Crippen LogP contribution in [0.2, 0.25) is 0 Å². The monoisotopic (exact) mass is 345 g/mol. The molecule has 1 atom stereocenters. The van der Waals surface area contributed by atoms with Crippen LogP contribution in [0.4, 0.5) is 0 Å². The average molecular weight is 346 g/mol. The van der Waals surface area contributed by atoms with Gasteiger partial charge in [0.2, 0.25) is 0 Å². The van der Waals surface area contributed by atoms with Crippen LogP contribution in [0.1, 0.15) is 38.9 Å². The van der Waals surface area contributed by atoms with Gasteiger partial charge < -0.3 is 29.6 Å². The molecule has 2 rings (SSSR count). The molecule has 0 bridgehead atoms. The van der Waals surface area contributed by atoms with Crippen LogP contribution in [0.25, 0.3) is 0 Å². The van der Waals surface area contributed by atoms with Gasteiger partial charge in [-0.1, -0.05) is 30.3 Å². The second-order valence-electron chi connectivity index (χ2n) is 5.26. The summed E-state index contributed by atoms with van der Waals surface area (Å²) in [4.78, 5) is 0. The Hall–Kier alpha value is -0.0457. The molecular weight excluding hydrogens is 327 g/mol. The van der Waals surface area contributed by atoms with Crippen molar-refractivity contribution >= 4 is 0 Å². The van der Waals surface area contributed by atoms with Gasteiger partial charge in [0, 0.05) is 0 Å². The quantitative estimate of drug-likeness (QED) is 0.466. The molecule has 0 saturated heterocycles. The van der Waals surface area contributed by atoms with Crippen LogP contribution in [-0.2, 0) is 26.5 Å². The molecular formula is C16H19Cl2OTi. The van der Waals surface area contributed by atoms with Gasteiger partial charge in [0.1, 0.15) is 0 Å². The first-order valence-electron chi connectivity index (χ1n) is 6.06. The van der Waals surface area contributed by atoms with Gasteiger partial charge in [-0.05, 0) is 26.3 Å². The normalized spacial score (nSPS) is 14.4. The number of halogens is 2. The van der Waals surface area contributed by atoms with E-state index < -0.39 is 0 Å². The van der Waals surface area contributed by atoms with Gasteiger partial charge >= 0.3 is 21.7 Å². The molecule has 20 heavy (non-hydrogen) atoms. The van der Waals surface area contributed by atoms with Crippen LogP contribution in [0, 0.1) is 6.08 Å². The van der Waals surface area contributed by atoms with E-state index in [1.807, 2.05) is 18.2 Å². The Morgan fingerprint density at radius 2 is 1.70 bits per heavy atom. The Bertz CT molecular complexity index is 436. The van der Waals surface area contributed by atoms with Crippen molar-refractivity contribution < 1.29 is 51.3 Å². The summed E-state index contributed by atoms with van der Waals surface area (Å²) in [5.41, 5.74) is 2.17. The number of rotatable bonds is 3. The van der Waals surface area contributed by atoms with Gasteiger partial charge in [-0.15, -0.1) is 6.42 Å². The number of ether oxygens (including phenoxy) is 1. The summed E-state index contributed by atoms with van der Waals surface area (Å²) in [5, 5.41) is 0. The number of allylic oxidation sites excluding steroid dienone is 2. The summed E-state index contributed by atoms with van der Waals surface area (Å²) in [5.74, 6) is 0. The van der Waals surface area contributed by atoms with E-state index in [0.29, 0.717) is 0 Å². The van der Waals surface area contributed by atoms with Crippen LogP contribution >= 0.6 is 0 Å². The Kier molecular flexibility index (Phi) is 10.9. The third-order valence-corrected chi connectivity index (χ3v) is 2.58. The third kappa shape index (κ3) is 6.60. The largest absolute Gasteiger partial charge is 3.00 e. The zero-order valence-corrected chi connectivity index (χ0v) is 15.1. The number of hydrogen-bond acceptors (Lipinski definition) is 1. The molecule has 1 nitrogen and oxygen atoms in total. The topological polar surface area (TPSA) is 9.23 Å². The fourth-order valence-electron chi connectivity index (χ4n) is 1.89. The third-order valence-electron chi connectivity index (χ3n) is 2.58. The van der Waals surface area contributed by atoms with Crippen molar-refractivity contribution in [1.82, 2.24) is 0 Å². The molecule has 1 aromatic rings. The fraction of sp³-hybridized carbons (Fsp3) is 0.375. The van der Waals surface area contributed by atoms with E-state index in [0.717, 1.165) is 12.0 Å². The summed E-state index contributed by atoms with van der Waals surface area (Å²) in [6.07, 6.45) is 8.49. The van der Waals surface area contributed by atoms with Crippen molar-refractivity contribution in [2.45, 2.75) is 38.9 Å². The van der Waals surface area contributed by atoms with Gasteiger partial charge in [0.05, 0.1) is 11.7 Å². The molecule has 0 amide bonds. The molecule has 1 aliphatic carbocycles. The second kappa shape index (κ2) is 9.81. The van der Waals surface area contributed by atoms with Crippen LogP contribution in [0.15, 0.2) is 48.1 Å². The minimum absolute atomic E-state index is 0. The first kappa shape index (κ1) is 22.2. The van der Waals surface area contributed by atoms with Crippen molar-refractivity contribution in [2.24, 2.45) is 0 Å². The van der Waals surface area contributed by atoms with Gasteiger partial charge in [-0.25, -0.2) is 6.08 Å². The molecule has 0 heterocycles. The minimum atomic E-state index is -0.161. The van der Waals surface area contributed by atoms with E-state index in [9.17, 15) is 0 Å². The standard InChI is InChI=1S/C16H19O.2ClH.Ti/c1-16(2,3)17-15(14-11-7-8-12-14)13-9-5-4-6-10-13;;;/h4-7,9-11,15H,8H2,1-3H3;2*1H;/q-1;;;+3/p-2.